The number of aliphatic hydroxyl groups excluding tert-OH is 3. The van der Waals surface area contributed by atoms with Crippen molar-refractivity contribution in [1.29, 1.82) is 0 Å². The number of amides is 3. The summed E-state index contributed by atoms with van der Waals surface area (Å²) in [4.78, 5) is 36.5. The molecular weight excluding hydrogens is 1060 g/mol. The molecule has 24 heteroatoms. The fraction of sp³-hybridized carbons (Fsp3) is 0.611. The topological polar surface area (TPSA) is 176 Å². The van der Waals surface area contributed by atoms with Gasteiger partial charge in [0.2, 0.25) is 35.5 Å². The van der Waals surface area contributed by atoms with Crippen LogP contribution in [0.1, 0.15) is 152 Å². The highest BCUT2D eigenvalue weighted by atomic mass is 19.3. The molecule has 0 saturated heterocycles. The molecule has 6 rings (SSSR count). The molecule has 0 bridgehead atoms. The van der Waals surface area contributed by atoms with Gasteiger partial charge in [0.25, 0.3) is 0 Å². The Balaban J connectivity index is 0.000000252. The summed E-state index contributed by atoms with van der Waals surface area (Å²) in [6.45, 7) is -3.11. The average molecular weight is 1130 g/mol. The van der Waals surface area contributed by atoms with Crippen LogP contribution in [0.25, 0.3) is 0 Å². The molecule has 0 aliphatic heterocycles. The number of hydrogen-bond acceptors (Lipinski definition) is 9. The summed E-state index contributed by atoms with van der Waals surface area (Å²) in [5.74, 6) is -11.4. The van der Waals surface area contributed by atoms with Crippen molar-refractivity contribution in [1.82, 2.24) is 16.0 Å². The SMILES string of the molecule is CCC[C@H](NC(=O)CC(O)C1CC(F)(F)C1)c1cccc(OC(F)F)c1.CCC[C@H](NC(=O)C[C@@H](O)C1CC(F)(F)C1)c1cccc(OC(F)F)c1.CCC[C@H](NC(=O)C[C@H](O)C1CC(F)(F)C1)c1cccc(OC(F)F)c1. The molecule has 0 radical (unpaired) electrons. The molecule has 12 nitrogen and oxygen atoms in total. The number of nitrogens with one attached hydrogen (secondary N) is 3. The number of benzene rings is 3. The van der Waals surface area contributed by atoms with Crippen LogP contribution >= 0.6 is 0 Å². The van der Waals surface area contributed by atoms with Gasteiger partial charge in [-0.2, -0.15) is 26.3 Å². The Labute approximate surface area is 445 Å². The van der Waals surface area contributed by atoms with Crippen LogP contribution in [0.15, 0.2) is 72.8 Å². The third kappa shape index (κ3) is 22.3. The minimum absolute atomic E-state index is 0.00964. The minimum Gasteiger partial charge on any atom is -0.435 e. The van der Waals surface area contributed by atoms with Gasteiger partial charge in [-0.3, -0.25) is 14.4 Å². The Hall–Kier alpha value is -5.49. The molecule has 3 amide bonds. The van der Waals surface area contributed by atoms with E-state index in [0.717, 1.165) is 19.3 Å². The van der Waals surface area contributed by atoms with E-state index in [9.17, 15) is 82.4 Å². The van der Waals surface area contributed by atoms with E-state index in [4.69, 9.17) is 0 Å². The van der Waals surface area contributed by atoms with Crippen molar-refractivity contribution in [3.05, 3.63) is 89.5 Å². The van der Waals surface area contributed by atoms with Gasteiger partial charge >= 0.3 is 19.8 Å². The first kappa shape index (κ1) is 65.0. The predicted octanol–water partition coefficient (Wildman–Crippen LogP) is 12.1. The van der Waals surface area contributed by atoms with E-state index in [1.807, 2.05) is 20.8 Å². The van der Waals surface area contributed by atoms with E-state index >= 15 is 0 Å². The van der Waals surface area contributed by atoms with E-state index in [2.05, 4.69) is 30.2 Å². The summed E-state index contributed by atoms with van der Waals surface area (Å²) < 4.78 is 164. The number of hydrogen-bond donors (Lipinski definition) is 6. The molecule has 3 aliphatic rings. The lowest BCUT2D eigenvalue weighted by molar-refractivity contribution is -0.148. The fourth-order valence-electron chi connectivity index (χ4n) is 9.32. The maximum Gasteiger partial charge on any atom is 0.387 e. The molecule has 0 spiro atoms. The molecule has 3 aromatic carbocycles. The van der Waals surface area contributed by atoms with Crippen LogP contribution in [0, 0.1) is 17.8 Å². The van der Waals surface area contributed by atoms with Crippen molar-refractivity contribution in [2.75, 3.05) is 0 Å². The van der Waals surface area contributed by atoms with Crippen LogP contribution in [0.3, 0.4) is 0 Å². The molecule has 78 heavy (non-hydrogen) atoms. The number of aliphatic hydroxyl groups is 3. The van der Waals surface area contributed by atoms with E-state index < -0.39 is 148 Å². The Morgan fingerprint density at radius 1 is 0.462 bits per heavy atom. The Kier molecular flexibility index (Phi) is 25.2. The van der Waals surface area contributed by atoms with Crippen molar-refractivity contribution >= 4 is 17.7 Å². The zero-order chi connectivity index (χ0) is 58.0. The summed E-state index contributed by atoms with van der Waals surface area (Å²) in [6, 6.07) is 16.8. The van der Waals surface area contributed by atoms with Crippen LogP contribution < -0.4 is 30.2 Å². The molecule has 0 heterocycles. The average Bonchev–Trinajstić information content (AvgIpc) is 3.31. The number of rotatable bonds is 27. The van der Waals surface area contributed by atoms with Gasteiger partial charge < -0.3 is 45.5 Å². The van der Waals surface area contributed by atoms with Gasteiger partial charge in [0.05, 0.1) is 55.7 Å². The van der Waals surface area contributed by atoms with Crippen molar-refractivity contribution in [3.8, 4) is 17.2 Å². The second-order valence-corrected chi connectivity index (χ2v) is 20.0. The van der Waals surface area contributed by atoms with Gasteiger partial charge in [0.15, 0.2) is 0 Å². The number of carbonyl (C=O) groups is 3. The lowest BCUT2D eigenvalue weighted by atomic mass is 9.76. The minimum atomic E-state index is -2.94. The molecule has 6 atom stereocenters. The van der Waals surface area contributed by atoms with E-state index in [-0.39, 0.29) is 36.5 Å². The molecule has 3 aromatic rings. The number of alkyl halides is 12. The van der Waals surface area contributed by atoms with Crippen LogP contribution in [-0.4, -0.2) is 89.0 Å². The highest BCUT2D eigenvalue weighted by Crippen LogP contribution is 2.46. The van der Waals surface area contributed by atoms with E-state index in [0.29, 0.717) is 36.0 Å². The molecule has 3 aliphatic carbocycles. The summed E-state index contributed by atoms with van der Waals surface area (Å²) in [7, 11) is 0. The Morgan fingerprint density at radius 2 is 0.692 bits per heavy atom. The van der Waals surface area contributed by atoms with Gasteiger partial charge in [0.1, 0.15) is 17.2 Å². The van der Waals surface area contributed by atoms with Gasteiger partial charge in [-0.15, -0.1) is 0 Å². The summed E-state index contributed by atoms with van der Waals surface area (Å²) >= 11 is 0. The second kappa shape index (κ2) is 30.2. The number of halogens is 12. The molecule has 3 saturated carbocycles. The molecule has 6 N–H and O–H groups in total. The summed E-state index contributed by atoms with van der Waals surface area (Å²) in [5.41, 5.74) is 1.80. The lowest BCUT2D eigenvalue weighted by Gasteiger charge is -2.37. The van der Waals surface area contributed by atoms with E-state index in [1.165, 1.54) is 36.4 Å². The molecule has 438 valence electrons. The zero-order valence-corrected chi connectivity index (χ0v) is 43.3. The van der Waals surface area contributed by atoms with Crippen molar-refractivity contribution in [3.63, 3.8) is 0 Å². The highest BCUT2D eigenvalue weighted by Gasteiger charge is 2.50. The highest BCUT2D eigenvalue weighted by molar-refractivity contribution is 5.78. The largest absolute Gasteiger partial charge is 0.435 e. The first-order valence-corrected chi connectivity index (χ1v) is 25.8. The van der Waals surface area contributed by atoms with Crippen molar-refractivity contribution < 1.29 is 96.6 Å². The zero-order valence-electron chi connectivity index (χ0n) is 43.3. The van der Waals surface area contributed by atoms with Crippen LogP contribution in [-0.2, 0) is 14.4 Å². The quantitative estimate of drug-likeness (QED) is 0.0406. The van der Waals surface area contributed by atoms with Gasteiger partial charge in [0, 0.05) is 38.5 Å². The van der Waals surface area contributed by atoms with Crippen LogP contribution in [0.4, 0.5) is 52.7 Å². The van der Waals surface area contributed by atoms with Crippen LogP contribution in [0.2, 0.25) is 0 Å². The Bertz CT molecular complexity index is 2060. The standard InChI is InChI=1S/3C18H23F4NO3/c3*1-2-4-14(11-5-3-6-13(7-11)26-17(19)20)23-16(25)8-15(24)12-9-18(21,22)10-12/h3*3,5-7,12,14-15,17,24H,2,4,8-10H2,1H3,(H,23,25)/t14-,15?;14-,15+;14-,15-/m000/s1. The van der Waals surface area contributed by atoms with E-state index in [1.54, 1.807) is 36.4 Å². The van der Waals surface area contributed by atoms with Gasteiger partial charge in [-0.1, -0.05) is 76.4 Å². The number of ether oxygens (including phenoxy) is 3. The smallest absolute Gasteiger partial charge is 0.387 e. The van der Waals surface area contributed by atoms with Crippen molar-refractivity contribution in [2.24, 2.45) is 17.8 Å². The maximum absolute atomic E-state index is 12.9. The maximum atomic E-state index is 12.9. The molecule has 1 unspecified atom stereocenters. The third-order valence-corrected chi connectivity index (χ3v) is 13.4. The monoisotopic (exact) mass is 1130 g/mol. The van der Waals surface area contributed by atoms with Gasteiger partial charge in [-0.25, -0.2) is 26.3 Å². The summed E-state index contributed by atoms with van der Waals surface area (Å²) in [5, 5.41) is 38.0. The third-order valence-electron chi connectivity index (χ3n) is 13.4. The summed E-state index contributed by atoms with van der Waals surface area (Å²) in [6.07, 6.45) is -2.78. The van der Waals surface area contributed by atoms with Gasteiger partial charge in [-0.05, 0) is 90.1 Å². The molecule has 3 fully saturated rings. The lowest BCUT2D eigenvalue weighted by Crippen LogP contribution is -2.44. The molecular formula is C54H69F12N3O9. The fourth-order valence-corrected chi connectivity index (χ4v) is 9.32. The second-order valence-electron chi connectivity index (χ2n) is 20.0. The normalized spacial score (nSPS) is 18.9. The molecule has 0 aromatic heterocycles. The first-order chi connectivity index (χ1) is 36.6. The number of carbonyl (C=O) groups excluding carboxylic acids is 3. The predicted molar refractivity (Wildman–Crippen MR) is 261 cm³/mol. The van der Waals surface area contributed by atoms with Crippen molar-refractivity contribution in [2.45, 2.75) is 191 Å². The van der Waals surface area contributed by atoms with Crippen LogP contribution in [0.5, 0.6) is 17.2 Å². The Morgan fingerprint density at radius 3 is 0.885 bits per heavy atom. The first-order valence-electron chi connectivity index (χ1n) is 25.8.